The van der Waals surface area contributed by atoms with Crippen LogP contribution in [-0.4, -0.2) is 105 Å². The topological polar surface area (TPSA) is 76.3 Å². The molecule has 8 nitrogen and oxygen atoms in total. The maximum Gasteiger partial charge on any atom is 0.410 e. The van der Waals surface area contributed by atoms with E-state index >= 15 is 0 Å². The molecule has 0 unspecified atom stereocenters. The van der Waals surface area contributed by atoms with Crippen LogP contribution in [0, 0.1) is 11.8 Å². The second kappa shape index (κ2) is 9.11. The Hall–Kier alpha value is -1.19. The predicted molar refractivity (Wildman–Crippen MR) is 122 cm³/mol. The van der Waals surface area contributed by atoms with Gasteiger partial charge in [-0.25, -0.2) is 4.79 Å². The lowest BCUT2D eigenvalue weighted by Gasteiger charge is -2.45. The molecule has 1 spiro atoms. The number of morpholine rings is 1. The van der Waals surface area contributed by atoms with Crippen molar-refractivity contribution in [2.24, 2.45) is 11.8 Å². The van der Waals surface area contributed by atoms with Crippen molar-refractivity contribution in [1.82, 2.24) is 9.80 Å². The Balaban J connectivity index is 1.17. The average molecular weight is 465 g/mol. The highest BCUT2D eigenvalue weighted by Crippen LogP contribution is 2.59. The van der Waals surface area contributed by atoms with E-state index in [-0.39, 0.29) is 41.5 Å². The van der Waals surface area contributed by atoms with E-state index in [4.69, 9.17) is 23.7 Å². The summed E-state index contributed by atoms with van der Waals surface area (Å²) in [4.78, 5) is 17.2. The van der Waals surface area contributed by atoms with Gasteiger partial charge in [-0.3, -0.25) is 4.90 Å². The third kappa shape index (κ3) is 4.69. The number of hydrogen-bond donors (Lipinski definition) is 0. The molecule has 1 aliphatic carbocycles. The summed E-state index contributed by atoms with van der Waals surface area (Å²) >= 11 is 0. The number of carbonyl (C=O) groups excluding carboxylic acids is 1. The second-order valence-electron chi connectivity index (χ2n) is 11.0. The molecule has 4 heterocycles. The molecule has 0 aromatic carbocycles. The molecule has 5 fully saturated rings. The van der Waals surface area contributed by atoms with Crippen molar-refractivity contribution < 1.29 is 28.5 Å². The number of amides is 1. The quantitative estimate of drug-likeness (QED) is 0.423. The highest BCUT2D eigenvalue weighted by molar-refractivity contribution is 5.69. The van der Waals surface area contributed by atoms with Gasteiger partial charge in [0, 0.05) is 45.8 Å². The van der Waals surface area contributed by atoms with Crippen molar-refractivity contribution in [2.45, 2.75) is 69.5 Å². The minimum atomic E-state index is -0.311. The third-order valence-electron chi connectivity index (χ3n) is 8.32. The van der Waals surface area contributed by atoms with E-state index in [0.29, 0.717) is 5.92 Å². The van der Waals surface area contributed by atoms with Crippen LogP contribution in [0.4, 0.5) is 4.79 Å². The maximum atomic E-state index is 12.9. The Morgan fingerprint density at radius 3 is 2.58 bits per heavy atom. The minimum absolute atomic E-state index is 0.0579. The van der Waals surface area contributed by atoms with Gasteiger partial charge in [0.25, 0.3) is 0 Å². The number of nitrogens with zero attached hydrogens (tertiary/aromatic N) is 2. The van der Waals surface area contributed by atoms with Gasteiger partial charge in [0.15, 0.2) is 0 Å². The molecule has 0 radical (unpaired) electrons. The normalized spacial score (nSPS) is 40.9. The van der Waals surface area contributed by atoms with Crippen molar-refractivity contribution >= 4 is 6.09 Å². The number of epoxide rings is 2. The fourth-order valence-corrected chi connectivity index (χ4v) is 6.26. The van der Waals surface area contributed by atoms with Gasteiger partial charge in [-0.2, -0.15) is 0 Å². The molecule has 5 aliphatic rings. The number of ether oxygens (including phenoxy) is 5. The Morgan fingerprint density at radius 2 is 1.94 bits per heavy atom. The van der Waals surface area contributed by atoms with Gasteiger partial charge in [0.05, 0.1) is 31.8 Å². The van der Waals surface area contributed by atoms with E-state index in [9.17, 15) is 4.79 Å². The fraction of sp³-hybridized carbons (Fsp3) is 0.880. The van der Waals surface area contributed by atoms with Crippen LogP contribution in [0.2, 0.25) is 0 Å². The summed E-state index contributed by atoms with van der Waals surface area (Å²) in [5.41, 5.74) is 0.789. The van der Waals surface area contributed by atoms with Crippen LogP contribution in [0.3, 0.4) is 0 Å². The van der Waals surface area contributed by atoms with Crippen LogP contribution in [0.15, 0.2) is 11.6 Å². The van der Waals surface area contributed by atoms with Gasteiger partial charge in [0.1, 0.15) is 23.4 Å². The van der Waals surface area contributed by atoms with E-state index < -0.39 is 0 Å². The number of rotatable bonds is 7. The SMILES string of the molecule is CO[C@@H]1[C@H](OC(=O)N2CC(CN3CCOCC3)C2)CC[C@]2(CO2)[C@H]1[C@@]1(C)O[C@@H]1CC=C(C)C. The molecule has 186 valence electrons. The summed E-state index contributed by atoms with van der Waals surface area (Å²) in [7, 11) is 1.72. The Kier molecular flexibility index (Phi) is 6.50. The van der Waals surface area contributed by atoms with Crippen LogP contribution in [0.5, 0.6) is 0 Å². The fourth-order valence-electron chi connectivity index (χ4n) is 6.26. The highest BCUT2D eigenvalue weighted by atomic mass is 16.6. The maximum absolute atomic E-state index is 12.9. The zero-order chi connectivity index (χ0) is 23.2. The van der Waals surface area contributed by atoms with Gasteiger partial charge in [0.2, 0.25) is 0 Å². The number of carbonyl (C=O) groups is 1. The summed E-state index contributed by atoms with van der Waals surface area (Å²) in [6.07, 6.45) is 4.21. The first-order valence-corrected chi connectivity index (χ1v) is 12.6. The molecule has 6 atom stereocenters. The van der Waals surface area contributed by atoms with E-state index in [1.165, 1.54) is 5.57 Å². The Labute approximate surface area is 197 Å². The average Bonchev–Trinajstić information content (AvgIpc) is 3.68. The summed E-state index contributed by atoms with van der Waals surface area (Å²) < 4.78 is 29.7. The van der Waals surface area contributed by atoms with Crippen LogP contribution in [0.1, 0.15) is 40.0 Å². The smallest absolute Gasteiger partial charge is 0.410 e. The van der Waals surface area contributed by atoms with Crippen LogP contribution >= 0.6 is 0 Å². The highest BCUT2D eigenvalue weighted by Gasteiger charge is 2.72. The lowest BCUT2D eigenvalue weighted by Crippen LogP contribution is -2.58. The molecule has 0 aromatic rings. The molecule has 0 N–H and O–H groups in total. The molecule has 8 heteroatoms. The summed E-state index contributed by atoms with van der Waals surface area (Å²) in [6.45, 7) is 13.3. The van der Waals surface area contributed by atoms with E-state index in [2.05, 4.69) is 31.7 Å². The van der Waals surface area contributed by atoms with Crippen LogP contribution in [-0.2, 0) is 23.7 Å². The third-order valence-corrected chi connectivity index (χ3v) is 8.32. The molecule has 4 aliphatic heterocycles. The summed E-state index contributed by atoms with van der Waals surface area (Å²) in [5.74, 6) is 0.577. The number of methoxy groups -OCH3 is 1. The first-order valence-electron chi connectivity index (χ1n) is 12.6. The van der Waals surface area contributed by atoms with Crippen molar-refractivity contribution in [3.8, 4) is 0 Å². The lowest BCUT2D eigenvalue weighted by molar-refractivity contribution is -0.125. The van der Waals surface area contributed by atoms with Crippen molar-refractivity contribution in [1.29, 1.82) is 0 Å². The molecule has 1 amide bonds. The van der Waals surface area contributed by atoms with Crippen molar-refractivity contribution in [2.75, 3.05) is 59.7 Å². The molecule has 0 bridgehead atoms. The summed E-state index contributed by atoms with van der Waals surface area (Å²) in [6, 6.07) is 0. The zero-order valence-corrected chi connectivity index (χ0v) is 20.6. The van der Waals surface area contributed by atoms with Crippen molar-refractivity contribution in [3.63, 3.8) is 0 Å². The minimum Gasteiger partial charge on any atom is -0.443 e. The molecular weight excluding hydrogens is 424 g/mol. The second-order valence-corrected chi connectivity index (χ2v) is 11.0. The van der Waals surface area contributed by atoms with Gasteiger partial charge in [-0.05, 0) is 40.0 Å². The Morgan fingerprint density at radius 1 is 1.21 bits per heavy atom. The van der Waals surface area contributed by atoms with E-state index in [1.807, 2.05) is 4.90 Å². The lowest BCUT2D eigenvalue weighted by atomic mass is 9.68. The molecule has 4 saturated heterocycles. The van der Waals surface area contributed by atoms with Gasteiger partial charge in [-0.15, -0.1) is 0 Å². The van der Waals surface area contributed by atoms with E-state index in [0.717, 1.165) is 71.8 Å². The monoisotopic (exact) mass is 464 g/mol. The standard InChI is InChI=1S/C25H40N2O6/c1-17(2)5-6-20-24(3,33-20)22-21(29-4)19(7-8-25(22)16-31-25)32-23(28)27-14-18(15-27)13-26-9-11-30-12-10-26/h5,18-22H,6-16H2,1-4H3/t19-,20-,21-,22-,24+,25+/m1/s1. The summed E-state index contributed by atoms with van der Waals surface area (Å²) in [5, 5.41) is 0. The van der Waals surface area contributed by atoms with Gasteiger partial charge in [-0.1, -0.05) is 11.6 Å². The molecule has 0 aromatic heterocycles. The Bertz CT molecular complexity index is 754. The van der Waals surface area contributed by atoms with E-state index in [1.54, 1.807) is 7.11 Å². The zero-order valence-electron chi connectivity index (χ0n) is 20.6. The molecule has 5 rings (SSSR count). The first kappa shape index (κ1) is 23.5. The molecule has 33 heavy (non-hydrogen) atoms. The van der Waals surface area contributed by atoms with Crippen LogP contribution in [0.25, 0.3) is 0 Å². The number of likely N-dealkylation sites (tertiary alicyclic amines) is 1. The molecular formula is C25H40N2O6. The molecule has 1 saturated carbocycles. The van der Waals surface area contributed by atoms with Gasteiger partial charge < -0.3 is 28.6 Å². The predicted octanol–water partition coefficient (Wildman–Crippen LogP) is 2.46. The van der Waals surface area contributed by atoms with Crippen LogP contribution < -0.4 is 0 Å². The van der Waals surface area contributed by atoms with Crippen molar-refractivity contribution in [3.05, 3.63) is 11.6 Å². The first-order chi connectivity index (χ1) is 15.8. The number of hydrogen-bond acceptors (Lipinski definition) is 7. The van der Waals surface area contributed by atoms with Gasteiger partial charge >= 0.3 is 6.09 Å². The number of allylic oxidation sites excluding steroid dienone is 1. The largest absolute Gasteiger partial charge is 0.443 e.